The average molecular weight is 276 g/mol. The molecule has 0 saturated heterocycles. The van der Waals surface area contributed by atoms with Gasteiger partial charge in [0, 0.05) is 22.8 Å². The fourth-order valence-electron chi connectivity index (χ4n) is 2.01. The molecule has 0 atom stereocenters. The van der Waals surface area contributed by atoms with Gasteiger partial charge in [0.05, 0.1) is 7.11 Å². The van der Waals surface area contributed by atoms with Crippen molar-refractivity contribution < 1.29 is 4.74 Å². The predicted molar refractivity (Wildman–Crippen MR) is 81.2 cm³/mol. The highest BCUT2D eigenvalue weighted by Crippen LogP contribution is 2.27. The maximum atomic E-state index is 6.23. The Morgan fingerprint density at radius 3 is 2.68 bits per heavy atom. The molecule has 0 aliphatic rings. The van der Waals surface area contributed by atoms with Crippen LogP contribution in [0.3, 0.4) is 0 Å². The van der Waals surface area contributed by atoms with Crippen LogP contribution in [0.2, 0.25) is 5.02 Å². The molecule has 0 radical (unpaired) electrons. The molecule has 0 saturated carbocycles. The number of rotatable bonds is 4. The summed E-state index contributed by atoms with van der Waals surface area (Å²) < 4.78 is 5.34. The molecule has 3 heteroatoms. The van der Waals surface area contributed by atoms with E-state index in [1.807, 2.05) is 18.2 Å². The number of methoxy groups -OCH3 is 1. The van der Waals surface area contributed by atoms with Crippen molar-refractivity contribution in [2.24, 2.45) is 0 Å². The summed E-state index contributed by atoms with van der Waals surface area (Å²) in [4.78, 5) is 0. The fourth-order valence-corrected chi connectivity index (χ4v) is 2.24. The Kier molecular flexibility index (Phi) is 4.33. The lowest BCUT2D eigenvalue weighted by molar-refractivity contribution is 0.410. The van der Waals surface area contributed by atoms with Crippen LogP contribution < -0.4 is 10.1 Å². The first-order chi connectivity index (χ1) is 9.11. The monoisotopic (exact) mass is 275 g/mol. The van der Waals surface area contributed by atoms with E-state index in [1.165, 1.54) is 11.1 Å². The molecule has 0 unspecified atom stereocenters. The fraction of sp³-hybridized carbons (Fsp3) is 0.250. The maximum absolute atomic E-state index is 6.23. The summed E-state index contributed by atoms with van der Waals surface area (Å²) in [5, 5.41) is 4.14. The van der Waals surface area contributed by atoms with Crippen molar-refractivity contribution in [1.29, 1.82) is 0 Å². The lowest BCUT2D eigenvalue weighted by Crippen LogP contribution is -2.04. The van der Waals surface area contributed by atoms with Crippen molar-refractivity contribution in [1.82, 2.24) is 0 Å². The Balaban J connectivity index is 2.21. The summed E-state index contributed by atoms with van der Waals surface area (Å²) in [5.41, 5.74) is 4.56. The van der Waals surface area contributed by atoms with Gasteiger partial charge in [0.2, 0.25) is 0 Å². The van der Waals surface area contributed by atoms with Gasteiger partial charge in [-0.05, 0) is 43.2 Å². The molecule has 0 aliphatic heterocycles. The van der Waals surface area contributed by atoms with Crippen LogP contribution in [0.4, 0.5) is 5.69 Å². The first-order valence-electron chi connectivity index (χ1n) is 6.24. The Bertz CT molecular complexity index is 581. The molecule has 0 fully saturated rings. The molecule has 19 heavy (non-hydrogen) atoms. The first kappa shape index (κ1) is 13.8. The highest BCUT2D eigenvalue weighted by atomic mass is 35.5. The second kappa shape index (κ2) is 5.98. The minimum atomic E-state index is 0.646. The minimum absolute atomic E-state index is 0.646. The van der Waals surface area contributed by atoms with E-state index in [9.17, 15) is 0 Å². The van der Waals surface area contributed by atoms with Crippen molar-refractivity contribution in [3.8, 4) is 5.75 Å². The highest BCUT2D eigenvalue weighted by Gasteiger charge is 2.08. The topological polar surface area (TPSA) is 21.3 Å². The zero-order valence-corrected chi connectivity index (χ0v) is 12.2. The van der Waals surface area contributed by atoms with Crippen molar-refractivity contribution in [3.05, 3.63) is 58.1 Å². The Hall–Kier alpha value is -1.67. The van der Waals surface area contributed by atoms with E-state index in [0.29, 0.717) is 6.54 Å². The standard InChI is InChI=1S/C16H18ClNO/c1-11-7-8-12(2)15(9-11)18-10-13-14(17)5-4-6-16(13)19-3/h4-9,18H,10H2,1-3H3. The average Bonchev–Trinajstić information content (AvgIpc) is 2.40. The largest absolute Gasteiger partial charge is 0.496 e. The van der Waals surface area contributed by atoms with Crippen molar-refractivity contribution in [2.75, 3.05) is 12.4 Å². The van der Waals surface area contributed by atoms with Crippen LogP contribution in [0.15, 0.2) is 36.4 Å². The van der Waals surface area contributed by atoms with E-state index < -0.39 is 0 Å². The second-order valence-electron chi connectivity index (χ2n) is 4.59. The number of hydrogen-bond donors (Lipinski definition) is 1. The number of hydrogen-bond acceptors (Lipinski definition) is 2. The molecule has 2 rings (SSSR count). The number of nitrogens with one attached hydrogen (secondary N) is 1. The lowest BCUT2D eigenvalue weighted by atomic mass is 10.1. The smallest absolute Gasteiger partial charge is 0.125 e. The first-order valence-corrected chi connectivity index (χ1v) is 6.62. The van der Waals surface area contributed by atoms with E-state index in [4.69, 9.17) is 16.3 Å². The van der Waals surface area contributed by atoms with Crippen molar-refractivity contribution in [3.63, 3.8) is 0 Å². The number of benzene rings is 2. The number of ether oxygens (including phenoxy) is 1. The zero-order valence-electron chi connectivity index (χ0n) is 11.5. The molecule has 0 aliphatic carbocycles. The van der Waals surface area contributed by atoms with E-state index in [0.717, 1.165) is 22.0 Å². The lowest BCUT2D eigenvalue weighted by Gasteiger charge is -2.14. The van der Waals surface area contributed by atoms with Gasteiger partial charge in [-0.2, -0.15) is 0 Å². The second-order valence-corrected chi connectivity index (χ2v) is 5.00. The van der Waals surface area contributed by atoms with Gasteiger partial charge >= 0.3 is 0 Å². The van der Waals surface area contributed by atoms with Gasteiger partial charge in [0.1, 0.15) is 5.75 Å². The van der Waals surface area contributed by atoms with Crippen molar-refractivity contribution in [2.45, 2.75) is 20.4 Å². The summed E-state index contributed by atoms with van der Waals surface area (Å²) in [7, 11) is 1.66. The summed E-state index contributed by atoms with van der Waals surface area (Å²) in [6.07, 6.45) is 0. The van der Waals surface area contributed by atoms with Crippen LogP contribution in [0.1, 0.15) is 16.7 Å². The van der Waals surface area contributed by atoms with Crippen molar-refractivity contribution >= 4 is 17.3 Å². The summed E-state index contributed by atoms with van der Waals surface area (Å²) in [6, 6.07) is 12.1. The summed E-state index contributed by atoms with van der Waals surface area (Å²) in [5.74, 6) is 0.810. The van der Waals surface area contributed by atoms with Crippen LogP contribution in [0.5, 0.6) is 5.75 Å². The van der Waals surface area contributed by atoms with Crippen LogP contribution in [-0.4, -0.2) is 7.11 Å². The predicted octanol–water partition coefficient (Wildman–Crippen LogP) is 4.58. The number of halogens is 1. The molecular formula is C16H18ClNO. The zero-order chi connectivity index (χ0) is 13.8. The van der Waals surface area contributed by atoms with Crippen LogP contribution in [-0.2, 0) is 6.54 Å². The molecule has 2 aromatic rings. The molecule has 100 valence electrons. The van der Waals surface area contributed by atoms with Gasteiger partial charge in [-0.15, -0.1) is 0 Å². The van der Waals surface area contributed by atoms with Gasteiger partial charge < -0.3 is 10.1 Å². The maximum Gasteiger partial charge on any atom is 0.125 e. The van der Waals surface area contributed by atoms with Crippen LogP contribution in [0, 0.1) is 13.8 Å². The highest BCUT2D eigenvalue weighted by molar-refractivity contribution is 6.31. The number of aryl methyl sites for hydroxylation is 2. The third kappa shape index (κ3) is 3.21. The molecule has 0 spiro atoms. The van der Waals surface area contributed by atoms with Gasteiger partial charge in [0.25, 0.3) is 0 Å². The molecule has 2 aromatic carbocycles. The Labute approximate surface area is 119 Å². The molecule has 0 bridgehead atoms. The molecule has 1 N–H and O–H groups in total. The van der Waals surface area contributed by atoms with Gasteiger partial charge in [-0.25, -0.2) is 0 Å². The van der Waals surface area contributed by atoms with Gasteiger partial charge in [-0.3, -0.25) is 0 Å². The van der Waals surface area contributed by atoms with E-state index in [2.05, 4.69) is 37.4 Å². The third-order valence-electron chi connectivity index (χ3n) is 3.14. The Morgan fingerprint density at radius 1 is 1.16 bits per heavy atom. The van der Waals surface area contributed by atoms with E-state index in [1.54, 1.807) is 7.11 Å². The normalized spacial score (nSPS) is 10.3. The molecule has 0 heterocycles. The summed E-state index contributed by atoms with van der Waals surface area (Å²) in [6.45, 7) is 4.82. The van der Waals surface area contributed by atoms with Crippen LogP contribution >= 0.6 is 11.6 Å². The number of anilines is 1. The molecule has 0 amide bonds. The molecule has 2 nitrogen and oxygen atoms in total. The van der Waals surface area contributed by atoms with E-state index >= 15 is 0 Å². The van der Waals surface area contributed by atoms with Gasteiger partial charge in [0.15, 0.2) is 0 Å². The molecule has 0 aromatic heterocycles. The molecular weight excluding hydrogens is 258 g/mol. The summed E-state index contributed by atoms with van der Waals surface area (Å²) >= 11 is 6.23. The van der Waals surface area contributed by atoms with E-state index in [-0.39, 0.29) is 0 Å². The Morgan fingerprint density at radius 2 is 1.95 bits per heavy atom. The quantitative estimate of drug-likeness (QED) is 0.882. The SMILES string of the molecule is COc1cccc(Cl)c1CNc1cc(C)ccc1C. The minimum Gasteiger partial charge on any atom is -0.496 e. The van der Waals surface area contributed by atoms with Gasteiger partial charge in [-0.1, -0.05) is 29.8 Å². The van der Waals surface area contributed by atoms with Crippen LogP contribution in [0.25, 0.3) is 0 Å². The third-order valence-corrected chi connectivity index (χ3v) is 3.50.